The number of fused-ring (bicyclic) bond motifs is 1. The third-order valence-corrected chi connectivity index (χ3v) is 5.15. The van der Waals surface area contributed by atoms with E-state index in [2.05, 4.69) is 10.6 Å². The number of hydrogen-bond acceptors (Lipinski definition) is 6. The van der Waals surface area contributed by atoms with E-state index in [-0.39, 0.29) is 44.2 Å². The van der Waals surface area contributed by atoms with Gasteiger partial charge in [-0.1, -0.05) is 26.3 Å². The van der Waals surface area contributed by atoms with E-state index in [1.165, 1.54) is 0 Å². The Kier molecular flexibility index (Phi) is 6.03. The zero-order valence-corrected chi connectivity index (χ0v) is 15.9. The van der Waals surface area contributed by atoms with Crippen molar-refractivity contribution < 1.29 is 29.0 Å². The number of imide groups is 1. The lowest BCUT2D eigenvalue weighted by atomic mass is 9.99. The van der Waals surface area contributed by atoms with Gasteiger partial charge in [0.15, 0.2) is 11.5 Å². The Balaban J connectivity index is 1.59. The van der Waals surface area contributed by atoms with Gasteiger partial charge in [-0.2, -0.15) is 0 Å². The number of amides is 4. The number of urea groups is 1. The highest BCUT2D eigenvalue weighted by atomic mass is 16.7. The van der Waals surface area contributed by atoms with E-state index in [4.69, 9.17) is 9.47 Å². The van der Waals surface area contributed by atoms with Crippen LogP contribution in [-0.2, 0) is 16.1 Å². The Labute approximate surface area is 163 Å². The van der Waals surface area contributed by atoms with Crippen molar-refractivity contribution in [3.05, 3.63) is 23.8 Å². The molecule has 0 bridgehead atoms. The summed E-state index contributed by atoms with van der Waals surface area (Å²) in [6, 6.07) is 3.37. The number of carbonyl (C=O) groups excluding carboxylic acids is 3. The van der Waals surface area contributed by atoms with Gasteiger partial charge >= 0.3 is 6.03 Å². The summed E-state index contributed by atoms with van der Waals surface area (Å²) in [6.45, 7) is 3.93. The molecule has 0 aliphatic carbocycles. The predicted molar refractivity (Wildman–Crippen MR) is 98.5 cm³/mol. The van der Waals surface area contributed by atoms with E-state index in [0.717, 1.165) is 16.9 Å². The van der Waals surface area contributed by atoms with E-state index in [1.54, 1.807) is 18.2 Å². The van der Waals surface area contributed by atoms with Crippen molar-refractivity contribution in [3.8, 4) is 11.5 Å². The van der Waals surface area contributed by atoms with Crippen LogP contribution in [0.4, 0.5) is 4.79 Å². The highest BCUT2D eigenvalue weighted by molar-refractivity contribution is 6.05. The van der Waals surface area contributed by atoms with Crippen LogP contribution in [0, 0.1) is 5.92 Å². The Hall–Kier alpha value is -2.81. The molecule has 0 saturated carbocycles. The molecule has 2 aliphatic rings. The number of hydrogen-bond donors (Lipinski definition) is 3. The Morgan fingerprint density at radius 1 is 1.36 bits per heavy atom. The molecule has 9 nitrogen and oxygen atoms in total. The molecule has 4 amide bonds. The SMILES string of the molecule is CC[C@H](C)[C@H](CO)NC(=O)C[C@H]1NC(=O)N(Cc2ccc3c(c2)OCO3)C1=O. The molecule has 3 atom stereocenters. The average molecular weight is 391 g/mol. The van der Waals surface area contributed by atoms with E-state index in [0.29, 0.717) is 11.5 Å². The molecule has 0 unspecified atom stereocenters. The van der Waals surface area contributed by atoms with Crippen molar-refractivity contribution in [1.82, 2.24) is 15.5 Å². The molecule has 2 heterocycles. The molecular formula is C19H25N3O6. The average Bonchev–Trinajstić information content (AvgIpc) is 3.25. The van der Waals surface area contributed by atoms with Crippen molar-refractivity contribution >= 4 is 17.8 Å². The van der Waals surface area contributed by atoms with Crippen LogP contribution in [0.15, 0.2) is 18.2 Å². The fraction of sp³-hybridized carbons (Fsp3) is 0.526. The van der Waals surface area contributed by atoms with Crippen molar-refractivity contribution in [2.45, 2.75) is 45.3 Å². The van der Waals surface area contributed by atoms with E-state index < -0.39 is 18.0 Å². The summed E-state index contributed by atoms with van der Waals surface area (Å²) in [5, 5.41) is 14.7. The number of nitrogens with one attached hydrogen (secondary N) is 2. The largest absolute Gasteiger partial charge is 0.454 e. The van der Waals surface area contributed by atoms with Crippen molar-refractivity contribution in [1.29, 1.82) is 0 Å². The predicted octanol–water partition coefficient (Wildman–Crippen LogP) is 0.749. The first kappa shape index (κ1) is 19.9. The summed E-state index contributed by atoms with van der Waals surface area (Å²) in [5.74, 6) is 0.450. The summed E-state index contributed by atoms with van der Waals surface area (Å²) >= 11 is 0. The third-order valence-electron chi connectivity index (χ3n) is 5.15. The van der Waals surface area contributed by atoms with Gasteiger partial charge in [-0.05, 0) is 23.6 Å². The number of benzene rings is 1. The van der Waals surface area contributed by atoms with Gasteiger partial charge in [0.05, 0.1) is 25.6 Å². The van der Waals surface area contributed by atoms with Crippen LogP contribution in [0.1, 0.15) is 32.3 Å². The van der Waals surface area contributed by atoms with Crippen LogP contribution in [0.3, 0.4) is 0 Å². The molecule has 0 spiro atoms. The monoisotopic (exact) mass is 391 g/mol. The standard InChI is InChI=1S/C19H25N3O6/c1-3-11(2)14(9-23)20-17(24)7-13-18(25)22(19(26)21-13)8-12-4-5-15-16(6-12)28-10-27-15/h4-6,11,13-14,23H,3,7-10H2,1-2H3,(H,20,24)(H,21,26)/t11-,13+,14-/m0/s1. The molecule has 1 aromatic carbocycles. The fourth-order valence-electron chi connectivity index (χ4n) is 3.19. The topological polar surface area (TPSA) is 117 Å². The smallest absolute Gasteiger partial charge is 0.325 e. The lowest BCUT2D eigenvalue weighted by Crippen LogP contribution is -2.44. The number of nitrogens with zero attached hydrogens (tertiary/aromatic N) is 1. The van der Waals surface area contributed by atoms with Crippen LogP contribution in [-0.4, -0.2) is 53.3 Å². The van der Waals surface area contributed by atoms with E-state index >= 15 is 0 Å². The van der Waals surface area contributed by atoms with Gasteiger partial charge in [0.1, 0.15) is 6.04 Å². The lowest BCUT2D eigenvalue weighted by molar-refractivity contribution is -0.131. The zero-order chi connectivity index (χ0) is 20.3. The maximum Gasteiger partial charge on any atom is 0.325 e. The highest BCUT2D eigenvalue weighted by Crippen LogP contribution is 2.33. The Bertz CT molecular complexity index is 768. The first-order chi connectivity index (χ1) is 13.4. The fourth-order valence-corrected chi connectivity index (χ4v) is 3.19. The minimum atomic E-state index is -0.919. The van der Waals surface area contributed by atoms with E-state index in [9.17, 15) is 19.5 Å². The second-order valence-electron chi connectivity index (χ2n) is 7.06. The number of rotatable bonds is 8. The third kappa shape index (κ3) is 4.19. The van der Waals surface area contributed by atoms with Gasteiger partial charge < -0.3 is 25.2 Å². The van der Waals surface area contributed by atoms with Gasteiger partial charge in [0, 0.05) is 0 Å². The van der Waals surface area contributed by atoms with Crippen LogP contribution < -0.4 is 20.1 Å². The number of aliphatic hydroxyl groups excluding tert-OH is 1. The molecule has 1 aromatic rings. The summed E-state index contributed by atoms with van der Waals surface area (Å²) in [7, 11) is 0. The number of ether oxygens (including phenoxy) is 2. The molecule has 1 fully saturated rings. The molecule has 152 valence electrons. The highest BCUT2D eigenvalue weighted by Gasteiger charge is 2.39. The zero-order valence-electron chi connectivity index (χ0n) is 15.9. The van der Waals surface area contributed by atoms with E-state index in [1.807, 2.05) is 13.8 Å². The van der Waals surface area contributed by atoms with Crippen molar-refractivity contribution in [2.75, 3.05) is 13.4 Å². The molecule has 0 aromatic heterocycles. The number of carbonyl (C=O) groups is 3. The summed E-state index contributed by atoms with van der Waals surface area (Å²) in [6.07, 6.45) is 0.628. The summed E-state index contributed by atoms with van der Waals surface area (Å²) in [4.78, 5) is 38.1. The normalized spacial score (nSPS) is 20.1. The lowest BCUT2D eigenvalue weighted by Gasteiger charge is -2.22. The second kappa shape index (κ2) is 8.47. The quantitative estimate of drug-likeness (QED) is 0.563. The Morgan fingerprint density at radius 3 is 2.82 bits per heavy atom. The molecule has 3 rings (SSSR count). The minimum absolute atomic E-state index is 0.0750. The van der Waals surface area contributed by atoms with Gasteiger partial charge in [-0.3, -0.25) is 14.5 Å². The van der Waals surface area contributed by atoms with Crippen LogP contribution in [0.2, 0.25) is 0 Å². The van der Waals surface area contributed by atoms with Gasteiger partial charge in [0.2, 0.25) is 12.7 Å². The van der Waals surface area contributed by atoms with Crippen molar-refractivity contribution in [2.24, 2.45) is 5.92 Å². The molecule has 3 N–H and O–H groups in total. The van der Waals surface area contributed by atoms with Gasteiger partial charge in [-0.15, -0.1) is 0 Å². The second-order valence-corrected chi connectivity index (χ2v) is 7.06. The molecule has 2 aliphatic heterocycles. The molecular weight excluding hydrogens is 366 g/mol. The van der Waals surface area contributed by atoms with Crippen LogP contribution in [0.25, 0.3) is 0 Å². The molecule has 28 heavy (non-hydrogen) atoms. The summed E-state index contributed by atoms with van der Waals surface area (Å²) < 4.78 is 10.6. The number of aliphatic hydroxyl groups is 1. The Morgan fingerprint density at radius 2 is 2.11 bits per heavy atom. The van der Waals surface area contributed by atoms with Crippen LogP contribution >= 0.6 is 0 Å². The van der Waals surface area contributed by atoms with Gasteiger partial charge in [0.25, 0.3) is 5.91 Å². The maximum atomic E-state index is 12.6. The van der Waals surface area contributed by atoms with Crippen molar-refractivity contribution in [3.63, 3.8) is 0 Å². The molecule has 1 saturated heterocycles. The van der Waals surface area contributed by atoms with Gasteiger partial charge in [-0.25, -0.2) is 4.79 Å². The first-order valence-corrected chi connectivity index (χ1v) is 9.33. The summed E-state index contributed by atoms with van der Waals surface area (Å²) in [5.41, 5.74) is 0.718. The van der Waals surface area contributed by atoms with Crippen LogP contribution in [0.5, 0.6) is 11.5 Å². The molecule has 0 radical (unpaired) electrons. The molecule has 9 heteroatoms. The minimum Gasteiger partial charge on any atom is -0.454 e. The first-order valence-electron chi connectivity index (χ1n) is 9.33. The maximum absolute atomic E-state index is 12.6.